The van der Waals surface area contributed by atoms with Crippen LogP contribution in [0.25, 0.3) is 0 Å². The highest BCUT2D eigenvalue weighted by Crippen LogP contribution is 2.26. The molecule has 2 N–H and O–H groups in total. The van der Waals surface area contributed by atoms with Crippen molar-refractivity contribution in [2.24, 2.45) is 0 Å². The summed E-state index contributed by atoms with van der Waals surface area (Å²) in [7, 11) is -4.24. The highest BCUT2D eigenvalue weighted by Gasteiger charge is 2.28. The smallest absolute Gasteiger partial charge is 0.264 e. The SMILES string of the molecule is CCOc1ccc(N(CC(=O)Nc2ccccc2C(=O)N[C@H](C)CC)S(=O)(=O)c2ccc(F)cc2)cc1. The number of halogens is 1. The Bertz CT molecular complexity index is 1330. The largest absolute Gasteiger partial charge is 0.494 e. The van der Waals surface area contributed by atoms with Gasteiger partial charge in [0, 0.05) is 6.04 Å². The number of carbonyl (C=O) groups is 2. The molecule has 0 aliphatic carbocycles. The molecule has 3 aromatic rings. The van der Waals surface area contributed by atoms with Gasteiger partial charge in [-0.3, -0.25) is 13.9 Å². The molecule has 3 rings (SSSR count). The second kappa shape index (κ2) is 12.4. The third-order valence-electron chi connectivity index (χ3n) is 5.56. The van der Waals surface area contributed by atoms with Crippen molar-refractivity contribution < 1.29 is 27.1 Å². The summed E-state index contributed by atoms with van der Waals surface area (Å²) in [4.78, 5) is 25.6. The minimum Gasteiger partial charge on any atom is -0.494 e. The number of nitrogens with one attached hydrogen (secondary N) is 2. The molecule has 0 saturated heterocycles. The number of nitrogens with zero attached hydrogens (tertiary/aromatic N) is 1. The van der Waals surface area contributed by atoms with Crippen LogP contribution in [0.4, 0.5) is 15.8 Å². The highest BCUT2D eigenvalue weighted by molar-refractivity contribution is 7.92. The van der Waals surface area contributed by atoms with Gasteiger partial charge in [0.2, 0.25) is 5.91 Å². The maximum atomic E-state index is 13.5. The molecule has 1 atom stereocenters. The monoisotopic (exact) mass is 527 g/mol. The van der Waals surface area contributed by atoms with Crippen molar-refractivity contribution in [1.82, 2.24) is 5.32 Å². The third-order valence-corrected chi connectivity index (χ3v) is 7.35. The van der Waals surface area contributed by atoms with Crippen LogP contribution < -0.4 is 19.7 Å². The van der Waals surface area contributed by atoms with Crippen LogP contribution in [0.2, 0.25) is 0 Å². The molecule has 0 aliphatic rings. The van der Waals surface area contributed by atoms with Crippen LogP contribution >= 0.6 is 0 Å². The fourth-order valence-corrected chi connectivity index (χ4v) is 4.86. The average Bonchev–Trinajstić information content (AvgIpc) is 2.88. The molecule has 37 heavy (non-hydrogen) atoms. The summed E-state index contributed by atoms with van der Waals surface area (Å²) in [6.45, 7) is 5.48. The van der Waals surface area contributed by atoms with Gasteiger partial charge < -0.3 is 15.4 Å². The lowest BCUT2D eigenvalue weighted by molar-refractivity contribution is -0.114. The molecule has 0 saturated carbocycles. The van der Waals surface area contributed by atoms with Gasteiger partial charge in [0.1, 0.15) is 18.1 Å². The predicted molar refractivity (Wildman–Crippen MR) is 141 cm³/mol. The van der Waals surface area contributed by atoms with Crippen molar-refractivity contribution in [2.45, 2.75) is 38.1 Å². The summed E-state index contributed by atoms with van der Waals surface area (Å²) < 4.78 is 46.8. The summed E-state index contributed by atoms with van der Waals surface area (Å²) in [5.41, 5.74) is 0.718. The van der Waals surface area contributed by atoms with E-state index in [0.717, 1.165) is 35.0 Å². The van der Waals surface area contributed by atoms with E-state index in [4.69, 9.17) is 4.74 Å². The van der Waals surface area contributed by atoms with Gasteiger partial charge in [-0.25, -0.2) is 12.8 Å². The first kappa shape index (κ1) is 27.7. The Morgan fingerprint density at radius 1 is 0.973 bits per heavy atom. The van der Waals surface area contributed by atoms with E-state index >= 15 is 0 Å². The zero-order valence-corrected chi connectivity index (χ0v) is 21.7. The summed E-state index contributed by atoms with van der Waals surface area (Å²) >= 11 is 0. The van der Waals surface area contributed by atoms with Crippen molar-refractivity contribution >= 4 is 33.2 Å². The molecule has 0 aromatic heterocycles. The number of rotatable bonds is 11. The zero-order chi connectivity index (χ0) is 27.0. The molecule has 196 valence electrons. The van der Waals surface area contributed by atoms with E-state index in [9.17, 15) is 22.4 Å². The number of carbonyl (C=O) groups excluding carboxylic acids is 2. The molecule has 0 unspecified atom stereocenters. The lowest BCUT2D eigenvalue weighted by Gasteiger charge is -2.24. The Labute approximate surface area is 216 Å². The normalized spacial score (nSPS) is 11.9. The Kier molecular flexibility index (Phi) is 9.24. The van der Waals surface area contributed by atoms with Crippen LogP contribution in [0, 0.1) is 5.82 Å². The van der Waals surface area contributed by atoms with E-state index in [1.807, 2.05) is 20.8 Å². The maximum Gasteiger partial charge on any atom is 0.264 e. The summed E-state index contributed by atoms with van der Waals surface area (Å²) in [6.07, 6.45) is 0.735. The molecular formula is C27H30FN3O5S. The average molecular weight is 528 g/mol. The first-order valence-electron chi connectivity index (χ1n) is 11.9. The van der Waals surface area contributed by atoms with Crippen LogP contribution in [0.1, 0.15) is 37.6 Å². The van der Waals surface area contributed by atoms with E-state index in [-0.39, 0.29) is 33.8 Å². The van der Waals surface area contributed by atoms with E-state index in [0.29, 0.717) is 12.4 Å². The lowest BCUT2D eigenvalue weighted by Crippen LogP contribution is -2.38. The van der Waals surface area contributed by atoms with Crippen molar-refractivity contribution in [2.75, 3.05) is 22.8 Å². The van der Waals surface area contributed by atoms with Crippen molar-refractivity contribution in [1.29, 1.82) is 0 Å². The highest BCUT2D eigenvalue weighted by atomic mass is 32.2. The van der Waals surface area contributed by atoms with Gasteiger partial charge in [-0.05, 0) is 80.9 Å². The molecule has 0 heterocycles. The number of para-hydroxylation sites is 1. The number of ether oxygens (including phenoxy) is 1. The molecule has 8 nitrogen and oxygen atoms in total. The fraction of sp³-hybridized carbons (Fsp3) is 0.259. The van der Waals surface area contributed by atoms with Crippen molar-refractivity contribution in [3.8, 4) is 5.75 Å². The van der Waals surface area contributed by atoms with Gasteiger partial charge >= 0.3 is 0 Å². The summed E-state index contributed by atoms with van der Waals surface area (Å²) in [6, 6.07) is 17.0. The van der Waals surface area contributed by atoms with Gasteiger partial charge in [0.25, 0.3) is 15.9 Å². The number of sulfonamides is 1. The number of amides is 2. The van der Waals surface area contributed by atoms with Gasteiger partial charge in [-0.1, -0.05) is 19.1 Å². The molecule has 10 heteroatoms. The number of benzene rings is 3. The van der Waals surface area contributed by atoms with Crippen molar-refractivity contribution in [3.63, 3.8) is 0 Å². The van der Waals surface area contributed by atoms with Crippen LogP contribution in [0.5, 0.6) is 5.75 Å². The first-order chi connectivity index (χ1) is 17.6. The quantitative estimate of drug-likeness (QED) is 0.380. The van der Waals surface area contributed by atoms with E-state index in [1.54, 1.807) is 36.4 Å². The Balaban J connectivity index is 1.91. The Hall–Kier alpha value is -3.92. The molecule has 2 amide bonds. The lowest BCUT2D eigenvalue weighted by atomic mass is 10.1. The summed E-state index contributed by atoms with van der Waals surface area (Å²) in [5, 5.41) is 5.51. The molecule has 0 bridgehead atoms. The van der Waals surface area contributed by atoms with E-state index < -0.39 is 28.3 Å². The zero-order valence-electron chi connectivity index (χ0n) is 20.9. The van der Waals surface area contributed by atoms with Crippen LogP contribution in [-0.2, 0) is 14.8 Å². The molecule has 0 spiro atoms. The minimum absolute atomic E-state index is 0.0627. The molecule has 0 radical (unpaired) electrons. The topological polar surface area (TPSA) is 105 Å². The van der Waals surface area contributed by atoms with Crippen molar-refractivity contribution in [3.05, 3.63) is 84.2 Å². The summed E-state index contributed by atoms with van der Waals surface area (Å²) in [5.74, 6) is -1.07. The van der Waals surface area contributed by atoms with E-state index in [2.05, 4.69) is 10.6 Å². The fourth-order valence-electron chi connectivity index (χ4n) is 3.44. The number of hydrogen-bond donors (Lipinski definition) is 2. The van der Waals surface area contributed by atoms with E-state index in [1.165, 1.54) is 12.1 Å². The van der Waals surface area contributed by atoms with Gasteiger partial charge in [0.05, 0.1) is 28.4 Å². The molecular weight excluding hydrogens is 497 g/mol. The Morgan fingerprint density at radius 3 is 2.24 bits per heavy atom. The molecule has 0 fully saturated rings. The van der Waals surface area contributed by atoms with Crippen LogP contribution in [0.3, 0.4) is 0 Å². The second-order valence-corrected chi connectivity index (χ2v) is 10.1. The predicted octanol–water partition coefficient (Wildman–Crippen LogP) is 4.59. The van der Waals surface area contributed by atoms with Gasteiger partial charge in [-0.2, -0.15) is 0 Å². The number of hydrogen-bond acceptors (Lipinski definition) is 5. The first-order valence-corrected chi connectivity index (χ1v) is 13.3. The molecule has 0 aliphatic heterocycles. The maximum absolute atomic E-state index is 13.5. The second-order valence-electron chi connectivity index (χ2n) is 8.27. The minimum atomic E-state index is -4.24. The van der Waals surface area contributed by atoms with Crippen LogP contribution in [0.15, 0.2) is 77.7 Å². The Morgan fingerprint density at radius 2 is 1.62 bits per heavy atom. The standard InChI is InChI=1S/C27H30FN3O5S/c1-4-19(3)29-27(33)24-8-6-7-9-25(24)30-26(32)18-31(21-12-14-22(15-13-21)36-5-2)37(34,35)23-16-10-20(28)11-17-23/h6-17,19H,4-5,18H2,1-3H3,(H,29,33)(H,30,32)/t19-/m1/s1. The van der Waals surface area contributed by atoms with Gasteiger partial charge in [0.15, 0.2) is 0 Å². The molecule has 3 aromatic carbocycles. The third kappa shape index (κ3) is 7.07. The number of anilines is 2. The van der Waals surface area contributed by atoms with Crippen LogP contribution in [-0.4, -0.2) is 39.4 Å². The van der Waals surface area contributed by atoms with Gasteiger partial charge in [-0.15, -0.1) is 0 Å².